The molecule has 5 nitrogen and oxygen atoms in total. The Morgan fingerprint density at radius 1 is 0.840 bits per heavy atom. The van der Waals surface area contributed by atoms with Crippen molar-refractivity contribution in [3.8, 4) is 11.5 Å². The third-order valence-electron chi connectivity index (χ3n) is 4.20. The summed E-state index contributed by atoms with van der Waals surface area (Å²) in [6.45, 7) is 0.889. The lowest BCUT2D eigenvalue weighted by Crippen LogP contribution is -2.28. The van der Waals surface area contributed by atoms with E-state index in [1.807, 2.05) is 48.5 Å². The summed E-state index contributed by atoms with van der Waals surface area (Å²) in [7, 11) is 3.25. The second-order valence-corrected chi connectivity index (χ2v) is 5.85. The number of aliphatic hydroxyl groups excluding tert-OH is 2. The van der Waals surface area contributed by atoms with Gasteiger partial charge in [-0.2, -0.15) is 0 Å². The van der Waals surface area contributed by atoms with Gasteiger partial charge in [-0.1, -0.05) is 24.3 Å². The highest BCUT2D eigenvalue weighted by Gasteiger charge is 2.22. The lowest BCUT2D eigenvalue weighted by Gasteiger charge is -2.25. The van der Waals surface area contributed by atoms with Gasteiger partial charge in [0.25, 0.3) is 0 Å². The van der Waals surface area contributed by atoms with Crippen molar-refractivity contribution >= 4 is 0 Å². The van der Waals surface area contributed by atoms with Gasteiger partial charge in [-0.3, -0.25) is 0 Å². The summed E-state index contributed by atoms with van der Waals surface area (Å²) < 4.78 is 10.4. The fraction of sp³-hybridized carbons (Fsp3) is 0.400. The predicted molar refractivity (Wildman–Crippen MR) is 98.0 cm³/mol. The third kappa shape index (κ3) is 5.46. The van der Waals surface area contributed by atoms with Crippen molar-refractivity contribution in [3.63, 3.8) is 0 Å². The second kappa shape index (κ2) is 10.0. The van der Waals surface area contributed by atoms with Crippen molar-refractivity contribution in [2.24, 2.45) is 0 Å². The minimum atomic E-state index is -0.701. The minimum Gasteiger partial charge on any atom is -0.497 e. The summed E-state index contributed by atoms with van der Waals surface area (Å²) in [5.74, 6) is 1.54. The molecule has 0 aromatic heterocycles. The summed E-state index contributed by atoms with van der Waals surface area (Å²) >= 11 is 0. The molecule has 0 spiro atoms. The zero-order valence-corrected chi connectivity index (χ0v) is 14.8. The number of unbranched alkanes of at least 4 members (excludes halogenated alkanes) is 1. The first kappa shape index (κ1) is 19.2. The number of rotatable bonds is 10. The molecule has 25 heavy (non-hydrogen) atoms. The molecule has 0 aliphatic rings. The standard InChI is InChI=1S/C20H27NO4/c1-24-17-9-5-15(6-10-17)19(21-13-3-4-14-22)20(23)16-7-11-18(25-2)12-8-16/h5-12,19-23H,3-4,13-14H2,1-2H3. The van der Waals surface area contributed by atoms with Gasteiger partial charge >= 0.3 is 0 Å². The Labute approximate surface area is 149 Å². The third-order valence-corrected chi connectivity index (χ3v) is 4.20. The van der Waals surface area contributed by atoms with Crippen LogP contribution in [0.4, 0.5) is 0 Å². The Hall–Kier alpha value is -2.08. The Kier molecular flexibility index (Phi) is 7.73. The fourth-order valence-electron chi connectivity index (χ4n) is 2.71. The van der Waals surface area contributed by atoms with Crippen LogP contribution in [0.1, 0.15) is 36.1 Å². The van der Waals surface area contributed by atoms with Crippen molar-refractivity contribution in [2.75, 3.05) is 27.4 Å². The van der Waals surface area contributed by atoms with Gasteiger partial charge in [-0.05, 0) is 54.8 Å². The van der Waals surface area contributed by atoms with Gasteiger partial charge in [-0.25, -0.2) is 0 Å². The zero-order chi connectivity index (χ0) is 18.1. The van der Waals surface area contributed by atoms with Gasteiger partial charge in [0.15, 0.2) is 0 Å². The van der Waals surface area contributed by atoms with E-state index >= 15 is 0 Å². The highest BCUT2D eigenvalue weighted by Crippen LogP contribution is 2.30. The van der Waals surface area contributed by atoms with Gasteiger partial charge in [0.1, 0.15) is 11.5 Å². The molecular weight excluding hydrogens is 318 g/mol. The summed E-state index contributed by atoms with van der Waals surface area (Å²) in [5, 5.41) is 23.2. The van der Waals surface area contributed by atoms with Crippen molar-refractivity contribution in [1.29, 1.82) is 0 Å². The number of nitrogens with one attached hydrogen (secondary N) is 1. The first-order valence-corrected chi connectivity index (χ1v) is 8.49. The molecule has 0 saturated heterocycles. The fourth-order valence-corrected chi connectivity index (χ4v) is 2.71. The smallest absolute Gasteiger partial charge is 0.118 e. The van der Waals surface area contributed by atoms with E-state index in [1.165, 1.54) is 0 Å². The van der Waals surface area contributed by atoms with Crippen LogP contribution in [0.5, 0.6) is 11.5 Å². The first-order valence-electron chi connectivity index (χ1n) is 8.49. The molecule has 0 radical (unpaired) electrons. The maximum absolute atomic E-state index is 10.9. The van der Waals surface area contributed by atoms with Crippen molar-refractivity contribution in [1.82, 2.24) is 5.32 Å². The van der Waals surface area contributed by atoms with Crippen LogP contribution in [0.15, 0.2) is 48.5 Å². The molecule has 3 N–H and O–H groups in total. The average molecular weight is 345 g/mol. The molecule has 0 fully saturated rings. The van der Waals surface area contributed by atoms with Gasteiger partial charge in [0.2, 0.25) is 0 Å². The largest absolute Gasteiger partial charge is 0.497 e. The van der Waals surface area contributed by atoms with Crippen LogP contribution in [0.3, 0.4) is 0 Å². The molecule has 2 unspecified atom stereocenters. The Morgan fingerprint density at radius 3 is 1.84 bits per heavy atom. The summed E-state index contributed by atoms with van der Waals surface area (Å²) in [4.78, 5) is 0. The Balaban J connectivity index is 2.18. The molecule has 0 amide bonds. The molecule has 2 aromatic carbocycles. The SMILES string of the molecule is COc1ccc(C(O)C(NCCCCO)c2ccc(OC)cc2)cc1. The lowest BCUT2D eigenvalue weighted by molar-refractivity contribution is 0.128. The molecular formula is C20H27NO4. The highest BCUT2D eigenvalue weighted by molar-refractivity contribution is 5.33. The summed E-state index contributed by atoms with van der Waals surface area (Å²) in [5.41, 5.74) is 1.80. The molecule has 2 aromatic rings. The number of ether oxygens (including phenoxy) is 2. The van der Waals surface area contributed by atoms with Crippen LogP contribution in [0.2, 0.25) is 0 Å². The van der Waals surface area contributed by atoms with Crippen molar-refractivity contribution in [2.45, 2.75) is 25.0 Å². The maximum atomic E-state index is 10.9. The molecule has 2 rings (SSSR count). The minimum absolute atomic E-state index is 0.177. The van der Waals surface area contributed by atoms with E-state index < -0.39 is 6.10 Å². The summed E-state index contributed by atoms with van der Waals surface area (Å²) in [6.07, 6.45) is 0.882. The number of benzene rings is 2. The lowest BCUT2D eigenvalue weighted by atomic mass is 9.95. The topological polar surface area (TPSA) is 71.0 Å². The number of hydrogen-bond acceptors (Lipinski definition) is 5. The van der Waals surface area contributed by atoms with Crippen LogP contribution in [-0.2, 0) is 0 Å². The van der Waals surface area contributed by atoms with E-state index in [2.05, 4.69) is 5.32 Å². The normalized spacial score (nSPS) is 13.3. The van der Waals surface area contributed by atoms with Gasteiger partial charge in [-0.15, -0.1) is 0 Å². The Bertz CT molecular complexity index is 613. The molecule has 136 valence electrons. The van der Waals surface area contributed by atoms with Crippen LogP contribution < -0.4 is 14.8 Å². The summed E-state index contributed by atoms with van der Waals surface area (Å²) in [6, 6.07) is 14.9. The molecule has 0 aliphatic heterocycles. The molecule has 2 atom stereocenters. The second-order valence-electron chi connectivity index (χ2n) is 5.85. The highest BCUT2D eigenvalue weighted by atomic mass is 16.5. The molecule has 0 bridgehead atoms. The zero-order valence-electron chi connectivity index (χ0n) is 14.8. The van der Waals surface area contributed by atoms with Crippen LogP contribution in [0, 0.1) is 0 Å². The molecule has 0 saturated carbocycles. The number of hydrogen-bond donors (Lipinski definition) is 3. The molecule has 5 heteroatoms. The number of aliphatic hydroxyl groups is 2. The van der Waals surface area contributed by atoms with E-state index in [-0.39, 0.29) is 12.6 Å². The van der Waals surface area contributed by atoms with Crippen LogP contribution in [-0.4, -0.2) is 37.6 Å². The van der Waals surface area contributed by atoms with Gasteiger partial charge in [0, 0.05) is 6.61 Å². The van der Waals surface area contributed by atoms with E-state index in [1.54, 1.807) is 14.2 Å². The van der Waals surface area contributed by atoms with E-state index in [4.69, 9.17) is 14.6 Å². The molecule has 0 aliphatic carbocycles. The van der Waals surface area contributed by atoms with Crippen LogP contribution in [0.25, 0.3) is 0 Å². The van der Waals surface area contributed by atoms with Crippen molar-refractivity contribution in [3.05, 3.63) is 59.7 Å². The van der Waals surface area contributed by atoms with E-state index in [9.17, 15) is 5.11 Å². The predicted octanol–water partition coefficient (Wildman–Crippen LogP) is 2.84. The number of methoxy groups -OCH3 is 2. The van der Waals surface area contributed by atoms with E-state index in [0.29, 0.717) is 6.54 Å². The van der Waals surface area contributed by atoms with Crippen LogP contribution >= 0.6 is 0 Å². The molecule has 0 heterocycles. The monoisotopic (exact) mass is 345 g/mol. The first-order chi connectivity index (χ1) is 12.2. The average Bonchev–Trinajstić information content (AvgIpc) is 2.68. The maximum Gasteiger partial charge on any atom is 0.118 e. The van der Waals surface area contributed by atoms with Gasteiger partial charge in [0.05, 0.1) is 26.4 Å². The Morgan fingerprint density at radius 2 is 1.36 bits per heavy atom. The van der Waals surface area contributed by atoms with Gasteiger partial charge < -0.3 is 25.0 Å². The van der Waals surface area contributed by atoms with E-state index in [0.717, 1.165) is 35.5 Å². The van der Waals surface area contributed by atoms with Crippen molar-refractivity contribution < 1.29 is 19.7 Å². The quantitative estimate of drug-likeness (QED) is 0.578.